The number of hydrogen-bond donors (Lipinski definition) is 2. The van der Waals surface area contributed by atoms with Gasteiger partial charge in [-0.05, 0) is 42.9 Å². The molecule has 1 aromatic rings. The molecule has 1 N–H and O–H groups in total. The van der Waals surface area contributed by atoms with Crippen LogP contribution in [0.5, 0.6) is 0 Å². The van der Waals surface area contributed by atoms with E-state index in [2.05, 4.69) is 47.4 Å². The van der Waals surface area contributed by atoms with Gasteiger partial charge in [-0.1, -0.05) is 19.7 Å². The Balaban J connectivity index is 2.62. The first kappa shape index (κ1) is 13.7. The number of nitrogens with one attached hydrogen (secondary N) is 1. The molecule has 0 spiro atoms. The van der Waals surface area contributed by atoms with Gasteiger partial charge < -0.3 is 5.32 Å². The van der Waals surface area contributed by atoms with Gasteiger partial charge in [-0.3, -0.25) is 4.31 Å². The number of amides is 2. The summed E-state index contributed by atoms with van der Waals surface area (Å²) in [6, 6.07) is 6.64. The molecule has 0 bridgehead atoms. The summed E-state index contributed by atoms with van der Waals surface area (Å²) in [6.45, 7) is 4.14. The van der Waals surface area contributed by atoms with Crippen molar-refractivity contribution in [3.05, 3.63) is 31.2 Å². The Morgan fingerprint density at radius 3 is 2.71 bits per heavy atom. The van der Waals surface area contributed by atoms with Crippen LogP contribution in [0.25, 0.3) is 0 Å². The standard InChI is InChI=1S/C11H12N3OS2/c1-2-7-14(17)11(15)13-10-5-3-9(4-6-10)12-8-16/h3-6,17H,1-2,7H2,(H,13,15). The summed E-state index contributed by atoms with van der Waals surface area (Å²) in [6.07, 6.45) is 0.610. The highest BCUT2D eigenvalue weighted by molar-refractivity contribution is 7.78. The third kappa shape index (κ3) is 4.56. The van der Waals surface area contributed by atoms with Crippen LogP contribution < -0.4 is 5.32 Å². The fourth-order valence-electron chi connectivity index (χ4n) is 1.11. The molecule has 6 heteroatoms. The van der Waals surface area contributed by atoms with Gasteiger partial charge in [0, 0.05) is 12.2 Å². The Morgan fingerprint density at radius 2 is 2.18 bits per heavy atom. The maximum Gasteiger partial charge on any atom is 0.331 e. The third-order valence-corrected chi connectivity index (χ3v) is 2.37. The maximum atomic E-state index is 11.6. The molecule has 4 nitrogen and oxygen atoms in total. The Labute approximate surface area is 111 Å². The molecule has 2 amide bonds. The van der Waals surface area contributed by atoms with Crippen LogP contribution in [0.2, 0.25) is 0 Å². The van der Waals surface area contributed by atoms with E-state index in [0.717, 1.165) is 0 Å². The van der Waals surface area contributed by atoms with Gasteiger partial charge >= 0.3 is 6.03 Å². The van der Waals surface area contributed by atoms with E-state index in [9.17, 15) is 4.79 Å². The van der Waals surface area contributed by atoms with Crippen LogP contribution in [0, 0.1) is 6.92 Å². The minimum atomic E-state index is -0.289. The fourth-order valence-corrected chi connectivity index (χ4v) is 1.41. The molecule has 0 atom stereocenters. The lowest BCUT2D eigenvalue weighted by molar-refractivity contribution is 0.239. The number of hydrogen-bond acceptors (Lipinski definition) is 4. The molecule has 17 heavy (non-hydrogen) atoms. The number of nitrogens with zero attached hydrogens (tertiary/aromatic N) is 2. The number of rotatable bonds is 4. The number of benzene rings is 1. The smallest absolute Gasteiger partial charge is 0.307 e. The van der Waals surface area contributed by atoms with Gasteiger partial charge in [0.2, 0.25) is 0 Å². The second kappa shape index (κ2) is 7.06. The Kier molecular flexibility index (Phi) is 5.69. The zero-order valence-electron chi connectivity index (χ0n) is 9.09. The van der Waals surface area contributed by atoms with Gasteiger partial charge in [-0.2, -0.15) is 4.99 Å². The topological polar surface area (TPSA) is 44.7 Å². The molecule has 0 aliphatic carbocycles. The van der Waals surface area contributed by atoms with Crippen LogP contribution >= 0.6 is 25.0 Å². The van der Waals surface area contributed by atoms with E-state index in [0.29, 0.717) is 24.3 Å². The van der Waals surface area contributed by atoms with E-state index in [1.807, 2.05) is 0 Å². The van der Waals surface area contributed by atoms with Crippen molar-refractivity contribution in [2.45, 2.75) is 6.42 Å². The molecule has 89 valence electrons. The van der Waals surface area contributed by atoms with Gasteiger partial charge in [0.05, 0.1) is 10.8 Å². The van der Waals surface area contributed by atoms with E-state index < -0.39 is 0 Å². The molecule has 0 aromatic heterocycles. The largest absolute Gasteiger partial charge is 0.331 e. The predicted molar refractivity (Wildman–Crippen MR) is 75.8 cm³/mol. The first-order chi connectivity index (χ1) is 8.17. The molecule has 0 saturated heterocycles. The second-order valence-corrected chi connectivity index (χ2v) is 3.82. The van der Waals surface area contributed by atoms with Crippen LogP contribution in [-0.4, -0.2) is 22.0 Å². The summed E-state index contributed by atoms with van der Waals surface area (Å²) in [5, 5.41) is 4.96. The van der Waals surface area contributed by atoms with Crippen molar-refractivity contribution in [2.75, 3.05) is 11.9 Å². The monoisotopic (exact) mass is 266 g/mol. The van der Waals surface area contributed by atoms with Gasteiger partial charge in [0.25, 0.3) is 0 Å². The normalized spacial score (nSPS) is 9.29. The zero-order valence-corrected chi connectivity index (χ0v) is 10.8. The number of thiol groups is 1. The quantitative estimate of drug-likeness (QED) is 0.499. The van der Waals surface area contributed by atoms with Crippen molar-refractivity contribution in [1.82, 2.24) is 4.31 Å². The number of carbonyl (C=O) groups excluding carboxylic acids is 1. The van der Waals surface area contributed by atoms with Crippen LogP contribution in [0.4, 0.5) is 16.2 Å². The molecule has 0 fully saturated rings. The van der Waals surface area contributed by atoms with E-state index in [4.69, 9.17) is 0 Å². The summed E-state index contributed by atoms with van der Waals surface area (Å²) in [7, 11) is 0. The van der Waals surface area contributed by atoms with E-state index in [-0.39, 0.29) is 6.03 Å². The van der Waals surface area contributed by atoms with Crippen LogP contribution in [0.3, 0.4) is 0 Å². The van der Waals surface area contributed by atoms with Gasteiger partial charge in [-0.15, -0.1) is 0 Å². The molecule has 0 aliphatic heterocycles. The number of anilines is 1. The molecule has 1 aromatic carbocycles. The number of thiocarbonyl (C=S) groups is 1. The lowest BCUT2D eigenvalue weighted by atomic mass is 10.3. The van der Waals surface area contributed by atoms with Crippen LogP contribution in [0.1, 0.15) is 6.42 Å². The first-order valence-corrected chi connectivity index (χ1v) is 5.72. The third-order valence-electron chi connectivity index (χ3n) is 1.90. The number of isothiocyanates is 1. The maximum absolute atomic E-state index is 11.6. The number of urea groups is 1. The highest BCUT2D eigenvalue weighted by atomic mass is 32.1. The lowest BCUT2D eigenvalue weighted by Crippen LogP contribution is -2.27. The number of aliphatic imine (C=N–C) groups is 1. The Morgan fingerprint density at radius 1 is 1.53 bits per heavy atom. The van der Waals surface area contributed by atoms with Crippen LogP contribution in [0.15, 0.2) is 29.3 Å². The van der Waals surface area contributed by atoms with Crippen molar-refractivity contribution in [2.24, 2.45) is 4.99 Å². The van der Waals surface area contributed by atoms with Crippen molar-refractivity contribution >= 4 is 47.6 Å². The summed E-state index contributed by atoms with van der Waals surface area (Å²) < 4.78 is 1.27. The van der Waals surface area contributed by atoms with Crippen LogP contribution in [-0.2, 0) is 0 Å². The predicted octanol–water partition coefficient (Wildman–Crippen LogP) is 3.32. The number of carbonyl (C=O) groups is 1. The summed E-state index contributed by atoms with van der Waals surface area (Å²) in [5.41, 5.74) is 1.36. The summed E-state index contributed by atoms with van der Waals surface area (Å²) >= 11 is 8.52. The molecular weight excluding hydrogens is 254 g/mol. The van der Waals surface area contributed by atoms with Gasteiger partial charge in [0.15, 0.2) is 0 Å². The molecule has 0 unspecified atom stereocenters. The lowest BCUT2D eigenvalue weighted by Gasteiger charge is -2.15. The average Bonchev–Trinajstić information content (AvgIpc) is 2.32. The zero-order chi connectivity index (χ0) is 12.7. The van der Waals surface area contributed by atoms with E-state index in [1.54, 1.807) is 24.3 Å². The van der Waals surface area contributed by atoms with Crippen molar-refractivity contribution in [3.63, 3.8) is 0 Å². The average molecular weight is 266 g/mol. The first-order valence-electron chi connectivity index (χ1n) is 4.92. The van der Waals surface area contributed by atoms with Crippen molar-refractivity contribution in [3.8, 4) is 0 Å². The fraction of sp³-hybridized carbons (Fsp3) is 0.182. The molecular formula is C11H12N3OS2. The SMILES string of the molecule is [CH2]CCN(S)C(=O)Nc1ccc(N=C=S)cc1. The molecule has 1 rings (SSSR count). The second-order valence-electron chi connectivity index (χ2n) is 3.16. The summed E-state index contributed by atoms with van der Waals surface area (Å²) in [4.78, 5) is 15.4. The van der Waals surface area contributed by atoms with E-state index in [1.165, 1.54) is 4.31 Å². The van der Waals surface area contributed by atoms with Crippen molar-refractivity contribution in [1.29, 1.82) is 0 Å². The van der Waals surface area contributed by atoms with Crippen molar-refractivity contribution < 1.29 is 4.79 Å². The van der Waals surface area contributed by atoms with Gasteiger partial charge in [-0.25, -0.2) is 4.79 Å². The van der Waals surface area contributed by atoms with E-state index >= 15 is 0 Å². The van der Waals surface area contributed by atoms with Gasteiger partial charge in [0.1, 0.15) is 0 Å². The minimum Gasteiger partial charge on any atom is -0.307 e. The minimum absolute atomic E-state index is 0.289. The molecule has 0 heterocycles. The molecule has 0 aliphatic rings. The molecule has 0 saturated carbocycles. The Bertz CT molecular complexity index is 427. The summed E-state index contributed by atoms with van der Waals surface area (Å²) in [5.74, 6) is 0. The molecule has 1 radical (unpaired) electrons. The highest BCUT2D eigenvalue weighted by Crippen LogP contribution is 2.16. The highest BCUT2D eigenvalue weighted by Gasteiger charge is 2.07. The Hall–Kier alpha value is -1.36.